The molecule has 0 aromatic rings. The van der Waals surface area contributed by atoms with E-state index < -0.39 is 24.5 Å². The van der Waals surface area contributed by atoms with E-state index in [2.05, 4.69) is 0 Å². The van der Waals surface area contributed by atoms with Crippen molar-refractivity contribution < 1.29 is 28.5 Å². The predicted molar refractivity (Wildman–Crippen MR) is 43.0 cm³/mol. The Bertz CT molecular complexity index is 194. The van der Waals surface area contributed by atoms with E-state index in [1.165, 1.54) is 13.8 Å². The summed E-state index contributed by atoms with van der Waals surface area (Å²) in [5, 5.41) is 0. The van der Waals surface area contributed by atoms with Crippen LogP contribution >= 0.6 is 0 Å². The Morgan fingerprint density at radius 3 is 1.57 bits per heavy atom. The molecule has 6 heteroatoms. The maximum atomic E-state index is 10.5. The minimum atomic E-state index is -0.709. The molecule has 2 atom stereocenters. The molecule has 80 valence electrons. The van der Waals surface area contributed by atoms with Crippen molar-refractivity contribution in [1.29, 1.82) is 0 Å². The third kappa shape index (κ3) is 3.71. The second-order valence-electron chi connectivity index (χ2n) is 2.74. The van der Waals surface area contributed by atoms with Gasteiger partial charge in [0.05, 0.1) is 0 Å². The van der Waals surface area contributed by atoms with Crippen molar-refractivity contribution >= 4 is 11.9 Å². The van der Waals surface area contributed by atoms with Crippen molar-refractivity contribution in [3.05, 3.63) is 0 Å². The highest BCUT2D eigenvalue weighted by Crippen LogP contribution is 2.09. The van der Waals surface area contributed by atoms with E-state index in [0.29, 0.717) is 0 Å². The van der Waals surface area contributed by atoms with Crippen molar-refractivity contribution in [3.8, 4) is 0 Å². The number of rotatable bonds is 2. The lowest BCUT2D eigenvalue weighted by Gasteiger charge is -2.27. The summed E-state index contributed by atoms with van der Waals surface area (Å²) in [6, 6.07) is 0. The highest BCUT2D eigenvalue weighted by molar-refractivity contribution is 5.66. The van der Waals surface area contributed by atoms with Gasteiger partial charge in [0.2, 0.25) is 12.6 Å². The summed E-state index contributed by atoms with van der Waals surface area (Å²) in [5.41, 5.74) is 0. The smallest absolute Gasteiger partial charge is 0.305 e. The average molecular weight is 204 g/mol. The summed E-state index contributed by atoms with van der Waals surface area (Å²) in [5.74, 6) is -0.880. The molecular formula is C8H12O6. The van der Waals surface area contributed by atoms with Crippen LogP contribution in [0.1, 0.15) is 13.8 Å². The van der Waals surface area contributed by atoms with Gasteiger partial charge in [0.1, 0.15) is 13.2 Å². The number of hydrogen-bond acceptors (Lipinski definition) is 6. The lowest BCUT2D eigenvalue weighted by Crippen LogP contribution is -2.39. The fourth-order valence-corrected chi connectivity index (χ4v) is 0.974. The van der Waals surface area contributed by atoms with E-state index in [-0.39, 0.29) is 13.2 Å². The quantitative estimate of drug-likeness (QED) is 0.580. The van der Waals surface area contributed by atoms with Crippen LogP contribution in [0.2, 0.25) is 0 Å². The van der Waals surface area contributed by atoms with E-state index >= 15 is 0 Å². The summed E-state index contributed by atoms with van der Waals surface area (Å²) in [6.07, 6.45) is -1.42. The summed E-state index contributed by atoms with van der Waals surface area (Å²) >= 11 is 0. The van der Waals surface area contributed by atoms with Crippen LogP contribution in [0.25, 0.3) is 0 Å². The van der Waals surface area contributed by atoms with Gasteiger partial charge in [-0.25, -0.2) is 0 Å². The Hall–Kier alpha value is -1.14. The lowest BCUT2D eigenvalue weighted by atomic mass is 10.5. The fraction of sp³-hybridized carbons (Fsp3) is 0.750. The molecule has 0 amide bonds. The fourth-order valence-electron chi connectivity index (χ4n) is 0.974. The molecule has 0 saturated carbocycles. The predicted octanol–water partition coefficient (Wildman–Crippen LogP) is -0.188. The van der Waals surface area contributed by atoms with E-state index in [1.54, 1.807) is 0 Å². The number of hydrogen-bond donors (Lipinski definition) is 0. The highest BCUT2D eigenvalue weighted by Gasteiger charge is 2.25. The SMILES string of the molecule is CC(=O)O[C@@H]1CO[C@@H](OC(C)=O)CO1. The first kappa shape index (κ1) is 10.9. The number of carbonyl (C=O) groups is 2. The molecular weight excluding hydrogens is 192 g/mol. The molecule has 1 rings (SSSR count). The first-order chi connectivity index (χ1) is 6.58. The molecule has 14 heavy (non-hydrogen) atoms. The molecule has 0 bridgehead atoms. The van der Waals surface area contributed by atoms with Gasteiger partial charge >= 0.3 is 11.9 Å². The molecule has 0 aromatic carbocycles. The molecule has 0 unspecified atom stereocenters. The largest absolute Gasteiger partial charge is 0.433 e. The summed E-state index contributed by atoms with van der Waals surface area (Å²) in [4.78, 5) is 21.1. The first-order valence-corrected chi connectivity index (χ1v) is 4.15. The summed E-state index contributed by atoms with van der Waals surface area (Å²) in [7, 11) is 0. The van der Waals surface area contributed by atoms with Crippen molar-refractivity contribution in [3.63, 3.8) is 0 Å². The van der Waals surface area contributed by atoms with Gasteiger partial charge in [-0.3, -0.25) is 9.59 Å². The van der Waals surface area contributed by atoms with Crippen LogP contribution in [0, 0.1) is 0 Å². The summed E-state index contributed by atoms with van der Waals surface area (Å²) < 4.78 is 19.5. The van der Waals surface area contributed by atoms with E-state index in [4.69, 9.17) is 18.9 Å². The van der Waals surface area contributed by atoms with Crippen LogP contribution < -0.4 is 0 Å². The molecule has 1 aliphatic heterocycles. The molecule has 0 aromatic heterocycles. The van der Waals surface area contributed by atoms with Crippen LogP contribution in [0.3, 0.4) is 0 Å². The van der Waals surface area contributed by atoms with E-state index in [9.17, 15) is 9.59 Å². The molecule has 1 fully saturated rings. The second kappa shape index (κ2) is 4.92. The lowest BCUT2D eigenvalue weighted by molar-refractivity contribution is -0.275. The molecule has 1 heterocycles. The van der Waals surface area contributed by atoms with E-state index in [1.807, 2.05) is 0 Å². The van der Waals surface area contributed by atoms with Gasteiger partial charge in [0.15, 0.2) is 0 Å². The van der Waals surface area contributed by atoms with Crippen molar-refractivity contribution in [2.24, 2.45) is 0 Å². The van der Waals surface area contributed by atoms with Crippen molar-refractivity contribution in [2.75, 3.05) is 13.2 Å². The zero-order chi connectivity index (χ0) is 10.6. The van der Waals surface area contributed by atoms with Crippen LogP contribution in [0.15, 0.2) is 0 Å². The summed E-state index contributed by atoms with van der Waals surface area (Å²) in [6.45, 7) is 2.69. The van der Waals surface area contributed by atoms with Gasteiger partial charge in [-0.2, -0.15) is 0 Å². The Morgan fingerprint density at radius 1 is 1.00 bits per heavy atom. The van der Waals surface area contributed by atoms with E-state index in [0.717, 1.165) is 0 Å². The topological polar surface area (TPSA) is 71.1 Å². The maximum absolute atomic E-state index is 10.5. The minimum absolute atomic E-state index is 0.0670. The number of carbonyl (C=O) groups excluding carboxylic acids is 2. The van der Waals surface area contributed by atoms with Crippen molar-refractivity contribution in [1.82, 2.24) is 0 Å². The van der Waals surface area contributed by atoms with Crippen LogP contribution in [0.5, 0.6) is 0 Å². The zero-order valence-corrected chi connectivity index (χ0v) is 8.02. The molecule has 1 saturated heterocycles. The number of ether oxygens (including phenoxy) is 4. The third-order valence-corrected chi connectivity index (χ3v) is 1.43. The molecule has 0 spiro atoms. The molecule has 0 N–H and O–H groups in total. The Morgan fingerprint density at radius 2 is 1.36 bits per heavy atom. The minimum Gasteiger partial charge on any atom is -0.433 e. The third-order valence-electron chi connectivity index (χ3n) is 1.43. The first-order valence-electron chi connectivity index (χ1n) is 4.15. The Kier molecular flexibility index (Phi) is 3.84. The second-order valence-corrected chi connectivity index (χ2v) is 2.74. The molecule has 6 nitrogen and oxygen atoms in total. The van der Waals surface area contributed by atoms with Gasteiger partial charge in [-0.15, -0.1) is 0 Å². The van der Waals surface area contributed by atoms with Gasteiger partial charge < -0.3 is 18.9 Å². The van der Waals surface area contributed by atoms with Gasteiger partial charge in [0, 0.05) is 13.8 Å². The standard InChI is InChI=1S/C8H12O6/c1-5(9)13-7-3-12-8(4-11-7)14-6(2)10/h7-8H,3-4H2,1-2H3/t7-,8+. The monoisotopic (exact) mass is 204 g/mol. The van der Waals surface area contributed by atoms with Crippen LogP contribution in [-0.4, -0.2) is 37.7 Å². The van der Waals surface area contributed by atoms with Crippen molar-refractivity contribution in [2.45, 2.75) is 26.4 Å². The Labute approximate surface area is 81.1 Å². The van der Waals surface area contributed by atoms with Gasteiger partial charge in [-0.05, 0) is 0 Å². The van der Waals surface area contributed by atoms with Gasteiger partial charge in [0.25, 0.3) is 0 Å². The van der Waals surface area contributed by atoms with Crippen LogP contribution in [0.4, 0.5) is 0 Å². The molecule has 0 aliphatic carbocycles. The Balaban J connectivity index is 2.24. The normalized spacial score (nSPS) is 26.7. The highest BCUT2D eigenvalue weighted by atomic mass is 16.8. The maximum Gasteiger partial charge on any atom is 0.305 e. The molecule has 1 aliphatic rings. The zero-order valence-electron chi connectivity index (χ0n) is 8.02. The number of esters is 2. The van der Waals surface area contributed by atoms with Crippen LogP contribution in [-0.2, 0) is 28.5 Å². The molecule has 0 radical (unpaired) electrons. The average Bonchev–Trinajstić information content (AvgIpc) is 2.06. The van der Waals surface area contributed by atoms with Gasteiger partial charge in [-0.1, -0.05) is 0 Å².